The summed E-state index contributed by atoms with van der Waals surface area (Å²) in [6.45, 7) is 4.37. The van der Waals surface area contributed by atoms with Gasteiger partial charge in [-0.1, -0.05) is 36.4 Å². The summed E-state index contributed by atoms with van der Waals surface area (Å²) in [4.78, 5) is 24.3. The Kier molecular flexibility index (Phi) is 5.56. The van der Waals surface area contributed by atoms with Crippen molar-refractivity contribution in [3.8, 4) is 5.95 Å². The van der Waals surface area contributed by atoms with E-state index in [4.69, 9.17) is 9.97 Å². The van der Waals surface area contributed by atoms with Crippen LogP contribution in [0.15, 0.2) is 54.6 Å². The van der Waals surface area contributed by atoms with Gasteiger partial charge < -0.3 is 15.5 Å². The van der Waals surface area contributed by atoms with E-state index in [0.717, 1.165) is 53.2 Å². The molecule has 0 spiro atoms. The maximum absolute atomic E-state index is 12.7. The fourth-order valence-corrected chi connectivity index (χ4v) is 4.41. The lowest BCUT2D eigenvalue weighted by Gasteiger charge is -2.21. The van der Waals surface area contributed by atoms with Crippen LogP contribution in [-0.2, 0) is 19.5 Å². The molecule has 0 radical (unpaired) electrons. The summed E-state index contributed by atoms with van der Waals surface area (Å²) in [5.41, 5.74) is 6.00. The Balaban J connectivity index is 1.61. The number of benzene rings is 2. The summed E-state index contributed by atoms with van der Waals surface area (Å²) in [5, 5.41) is 7.89. The Morgan fingerprint density at radius 2 is 1.94 bits per heavy atom. The molecule has 0 bridgehead atoms. The minimum absolute atomic E-state index is 0.0135. The van der Waals surface area contributed by atoms with Crippen molar-refractivity contribution in [3.05, 3.63) is 82.7 Å². The lowest BCUT2D eigenvalue weighted by atomic mass is 10.1. The zero-order valence-electron chi connectivity index (χ0n) is 19.2. The molecule has 1 aliphatic heterocycles. The summed E-state index contributed by atoms with van der Waals surface area (Å²) in [6, 6.07) is 18.2. The van der Waals surface area contributed by atoms with Crippen molar-refractivity contribution >= 4 is 22.6 Å². The summed E-state index contributed by atoms with van der Waals surface area (Å²) >= 11 is 0. The second-order valence-electron chi connectivity index (χ2n) is 8.62. The smallest absolute Gasteiger partial charge is 0.254 e. The number of hydrogen-bond donors (Lipinski definition) is 2. The van der Waals surface area contributed by atoms with Crippen molar-refractivity contribution in [2.24, 2.45) is 0 Å². The van der Waals surface area contributed by atoms with Crippen LogP contribution in [0.5, 0.6) is 0 Å². The van der Waals surface area contributed by atoms with Crippen molar-refractivity contribution in [3.63, 3.8) is 0 Å². The molecule has 0 saturated heterocycles. The SMILES string of the molecule is Cc1cc2c(C(=O)N(C)C)cccc2n1-c1nc2c(c(NCc3ccccc3)n1)CNCC2. The molecule has 7 heteroatoms. The van der Waals surface area contributed by atoms with Crippen LogP contribution in [0.25, 0.3) is 16.9 Å². The fourth-order valence-electron chi connectivity index (χ4n) is 4.41. The first-order valence-electron chi connectivity index (χ1n) is 11.2. The quantitative estimate of drug-likeness (QED) is 0.495. The number of fused-ring (bicyclic) bond motifs is 2. The van der Waals surface area contributed by atoms with Crippen LogP contribution in [0.4, 0.5) is 5.82 Å². The lowest BCUT2D eigenvalue weighted by molar-refractivity contribution is 0.0829. The Morgan fingerprint density at radius 3 is 2.73 bits per heavy atom. The molecule has 0 fully saturated rings. The van der Waals surface area contributed by atoms with Gasteiger partial charge in [0.05, 0.1) is 11.2 Å². The molecule has 2 aromatic heterocycles. The van der Waals surface area contributed by atoms with E-state index in [1.165, 1.54) is 5.56 Å². The number of carbonyl (C=O) groups excluding carboxylic acids is 1. The van der Waals surface area contributed by atoms with Crippen LogP contribution in [0.2, 0.25) is 0 Å². The number of nitrogens with zero attached hydrogens (tertiary/aromatic N) is 4. The Bertz CT molecular complexity index is 1330. The van der Waals surface area contributed by atoms with E-state index in [2.05, 4.69) is 27.3 Å². The van der Waals surface area contributed by atoms with Gasteiger partial charge in [0.15, 0.2) is 0 Å². The minimum Gasteiger partial charge on any atom is -0.366 e. The zero-order valence-corrected chi connectivity index (χ0v) is 19.2. The molecule has 0 unspecified atom stereocenters. The molecule has 1 aliphatic rings. The first kappa shape index (κ1) is 21.2. The van der Waals surface area contributed by atoms with Crippen LogP contribution in [-0.4, -0.2) is 46.0 Å². The summed E-state index contributed by atoms with van der Waals surface area (Å²) in [7, 11) is 3.55. The molecule has 168 valence electrons. The number of amides is 1. The van der Waals surface area contributed by atoms with E-state index >= 15 is 0 Å². The van der Waals surface area contributed by atoms with Crippen molar-refractivity contribution < 1.29 is 4.79 Å². The van der Waals surface area contributed by atoms with Gasteiger partial charge in [0.2, 0.25) is 5.95 Å². The van der Waals surface area contributed by atoms with Crippen molar-refractivity contribution in [2.75, 3.05) is 26.0 Å². The predicted molar refractivity (Wildman–Crippen MR) is 131 cm³/mol. The molecule has 0 aliphatic carbocycles. The molecule has 3 heterocycles. The third kappa shape index (κ3) is 3.96. The van der Waals surface area contributed by atoms with Crippen LogP contribution in [0.1, 0.15) is 32.9 Å². The van der Waals surface area contributed by atoms with Crippen LogP contribution >= 0.6 is 0 Å². The standard InChI is InChI=1S/C26H28N6O/c1-17-14-20-19(25(33)31(2)3)10-7-11-23(20)32(17)26-29-22-12-13-27-16-21(22)24(30-26)28-15-18-8-5-4-6-9-18/h4-11,14,27H,12-13,15-16H2,1-3H3,(H,28,29,30). The summed E-state index contributed by atoms with van der Waals surface area (Å²) < 4.78 is 2.05. The van der Waals surface area contributed by atoms with Crippen LogP contribution in [0, 0.1) is 6.92 Å². The summed E-state index contributed by atoms with van der Waals surface area (Å²) in [6.07, 6.45) is 0.855. The fraction of sp³-hybridized carbons (Fsp3) is 0.269. The minimum atomic E-state index is -0.0135. The third-order valence-electron chi connectivity index (χ3n) is 6.09. The topological polar surface area (TPSA) is 75.1 Å². The molecule has 5 rings (SSSR count). The second-order valence-corrected chi connectivity index (χ2v) is 8.62. The number of aromatic nitrogens is 3. The van der Waals surface area contributed by atoms with E-state index in [9.17, 15) is 4.79 Å². The van der Waals surface area contributed by atoms with E-state index in [0.29, 0.717) is 18.1 Å². The molecule has 0 atom stereocenters. The predicted octanol–water partition coefficient (Wildman–Crippen LogP) is 3.69. The number of hydrogen-bond acceptors (Lipinski definition) is 5. The monoisotopic (exact) mass is 440 g/mol. The van der Waals surface area contributed by atoms with Gasteiger partial charge in [-0.15, -0.1) is 0 Å². The van der Waals surface area contributed by atoms with Gasteiger partial charge in [-0.2, -0.15) is 4.98 Å². The number of aryl methyl sites for hydroxylation is 1. The highest BCUT2D eigenvalue weighted by Gasteiger charge is 2.21. The van der Waals surface area contributed by atoms with E-state index in [1.807, 2.05) is 49.4 Å². The normalized spacial score (nSPS) is 13.1. The van der Waals surface area contributed by atoms with Crippen molar-refractivity contribution in [1.82, 2.24) is 24.8 Å². The van der Waals surface area contributed by atoms with Gasteiger partial charge in [0, 0.05) is 62.4 Å². The average Bonchev–Trinajstić information content (AvgIpc) is 3.18. The third-order valence-corrected chi connectivity index (χ3v) is 6.09. The van der Waals surface area contributed by atoms with Gasteiger partial charge in [0.25, 0.3) is 5.91 Å². The maximum Gasteiger partial charge on any atom is 0.254 e. The molecule has 2 aromatic carbocycles. The van der Waals surface area contributed by atoms with Gasteiger partial charge in [-0.3, -0.25) is 9.36 Å². The van der Waals surface area contributed by atoms with Crippen molar-refractivity contribution in [1.29, 1.82) is 0 Å². The molecule has 2 N–H and O–H groups in total. The number of carbonyl (C=O) groups is 1. The van der Waals surface area contributed by atoms with Crippen LogP contribution in [0.3, 0.4) is 0 Å². The second kappa shape index (κ2) is 8.67. The van der Waals surface area contributed by atoms with Crippen molar-refractivity contribution in [2.45, 2.75) is 26.4 Å². The molecule has 33 heavy (non-hydrogen) atoms. The Morgan fingerprint density at radius 1 is 1.12 bits per heavy atom. The molecule has 1 amide bonds. The Hall–Kier alpha value is -3.71. The lowest BCUT2D eigenvalue weighted by Crippen LogP contribution is -2.27. The molecule has 0 saturated carbocycles. The van der Waals surface area contributed by atoms with Gasteiger partial charge in [-0.05, 0) is 30.7 Å². The van der Waals surface area contributed by atoms with Gasteiger partial charge >= 0.3 is 0 Å². The van der Waals surface area contributed by atoms with E-state index < -0.39 is 0 Å². The number of rotatable bonds is 5. The maximum atomic E-state index is 12.7. The highest BCUT2D eigenvalue weighted by molar-refractivity contribution is 6.06. The zero-order chi connectivity index (χ0) is 22.9. The highest BCUT2D eigenvalue weighted by atomic mass is 16.2. The first-order chi connectivity index (χ1) is 16.0. The van der Waals surface area contributed by atoms with Gasteiger partial charge in [0.1, 0.15) is 5.82 Å². The summed E-state index contributed by atoms with van der Waals surface area (Å²) in [5.74, 6) is 1.47. The largest absolute Gasteiger partial charge is 0.366 e. The van der Waals surface area contributed by atoms with Gasteiger partial charge in [-0.25, -0.2) is 4.98 Å². The number of nitrogens with one attached hydrogen (secondary N) is 2. The molecular weight excluding hydrogens is 412 g/mol. The number of anilines is 1. The Labute approximate surface area is 193 Å². The highest BCUT2D eigenvalue weighted by Crippen LogP contribution is 2.29. The molecule has 4 aromatic rings. The first-order valence-corrected chi connectivity index (χ1v) is 11.2. The van der Waals surface area contributed by atoms with E-state index in [1.54, 1.807) is 19.0 Å². The average molecular weight is 441 g/mol. The molecular formula is C26H28N6O. The van der Waals surface area contributed by atoms with E-state index in [-0.39, 0.29) is 5.91 Å². The molecule has 7 nitrogen and oxygen atoms in total. The van der Waals surface area contributed by atoms with Crippen LogP contribution < -0.4 is 10.6 Å².